The van der Waals surface area contributed by atoms with Gasteiger partial charge in [-0.3, -0.25) is 0 Å². The highest BCUT2D eigenvalue weighted by Gasteiger charge is 1.97. The van der Waals surface area contributed by atoms with E-state index in [2.05, 4.69) is 52.4 Å². The maximum absolute atomic E-state index is 3.57. The summed E-state index contributed by atoms with van der Waals surface area (Å²) < 4.78 is 1.21. The highest BCUT2D eigenvalue weighted by Crippen LogP contribution is 2.15. The molecule has 0 aliphatic rings. The van der Waals surface area contributed by atoms with Crippen LogP contribution in [0.5, 0.6) is 0 Å². The van der Waals surface area contributed by atoms with E-state index in [9.17, 15) is 0 Å². The summed E-state index contributed by atoms with van der Waals surface area (Å²) in [7, 11) is 0. The van der Waals surface area contributed by atoms with E-state index in [1.165, 1.54) is 55.0 Å². The highest BCUT2D eigenvalue weighted by atomic mass is 79.9. The predicted octanol–water partition coefficient (Wildman–Crippen LogP) is 5.29. The third kappa shape index (κ3) is 7.17. The van der Waals surface area contributed by atoms with E-state index in [0.717, 1.165) is 13.1 Å². The fourth-order valence-corrected chi connectivity index (χ4v) is 2.50. The second-order valence-corrected chi connectivity index (χ2v) is 5.74. The third-order valence-corrected chi connectivity index (χ3v) is 4.00. The first kappa shape index (κ1) is 15.7. The van der Waals surface area contributed by atoms with Gasteiger partial charge in [0.25, 0.3) is 0 Å². The molecule has 0 saturated carbocycles. The third-order valence-electron chi connectivity index (χ3n) is 3.23. The van der Waals surface area contributed by atoms with Crippen molar-refractivity contribution in [1.29, 1.82) is 0 Å². The van der Waals surface area contributed by atoms with Crippen molar-refractivity contribution in [3.63, 3.8) is 0 Å². The minimum atomic E-state index is 0.970. The van der Waals surface area contributed by atoms with Crippen molar-refractivity contribution in [2.45, 2.75) is 58.4 Å². The number of halogens is 1. The lowest BCUT2D eigenvalue weighted by molar-refractivity contribution is 0.562. The summed E-state index contributed by atoms with van der Waals surface area (Å²) in [4.78, 5) is 0. The standard InChI is InChI=1S/C16H26BrN/c1-2-3-4-5-6-7-10-13-18-14-15-11-8-9-12-16(15)17/h8-9,11-12,18H,2-7,10,13-14H2,1H3. The molecule has 0 amide bonds. The van der Waals surface area contributed by atoms with Gasteiger partial charge in [-0.2, -0.15) is 0 Å². The quantitative estimate of drug-likeness (QED) is 0.579. The Hall–Kier alpha value is -0.340. The molecule has 0 fully saturated rings. The predicted molar refractivity (Wildman–Crippen MR) is 83.8 cm³/mol. The Morgan fingerprint density at radius 2 is 1.61 bits per heavy atom. The molecule has 1 aromatic carbocycles. The van der Waals surface area contributed by atoms with Crippen LogP contribution in [0.3, 0.4) is 0 Å². The van der Waals surface area contributed by atoms with E-state index < -0.39 is 0 Å². The monoisotopic (exact) mass is 311 g/mol. The van der Waals surface area contributed by atoms with Crippen LogP contribution in [0.1, 0.15) is 57.4 Å². The average Bonchev–Trinajstić information content (AvgIpc) is 2.39. The Bertz CT molecular complexity index is 312. The molecule has 0 spiro atoms. The number of nitrogens with one attached hydrogen (secondary N) is 1. The molecule has 0 unspecified atom stereocenters. The highest BCUT2D eigenvalue weighted by molar-refractivity contribution is 9.10. The van der Waals surface area contributed by atoms with Crippen LogP contribution in [0.15, 0.2) is 28.7 Å². The van der Waals surface area contributed by atoms with Gasteiger partial charge in [-0.25, -0.2) is 0 Å². The summed E-state index contributed by atoms with van der Waals surface area (Å²) in [5.41, 5.74) is 1.35. The van der Waals surface area contributed by atoms with Gasteiger partial charge in [-0.05, 0) is 24.6 Å². The number of hydrogen-bond acceptors (Lipinski definition) is 1. The molecule has 2 heteroatoms. The molecule has 102 valence electrons. The molecule has 0 radical (unpaired) electrons. The molecule has 18 heavy (non-hydrogen) atoms. The molecular weight excluding hydrogens is 286 g/mol. The van der Waals surface area contributed by atoms with E-state index >= 15 is 0 Å². The van der Waals surface area contributed by atoms with Crippen molar-refractivity contribution in [1.82, 2.24) is 5.32 Å². The van der Waals surface area contributed by atoms with Crippen LogP contribution in [0.4, 0.5) is 0 Å². The minimum Gasteiger partial charge on any atom is -0.313 e. The summed E-state index contributed by atoms with van der Waals surface area (Å²) in [5.74, 6) is 0. The number of rotatable bonds is 10. The Kier molecular flexibility index (Phi) is 9.23. The molecule has 1 N–H and O–H groups in total. The molecule has 1 aromatic rings. The lowest BCUT2D eigenvalue weighted by atomic mass is 10.1. The zero-order chi connectivity index (χ0) is 13.1. The van der Waals surface area contributed by atoms with Gasteiger partial charge in [-0.15, -0.1) is 0 Å². The van der Waals surface area contributed by atoms with Crippen molar-refractivity contribution in [2.24, 2.45) is 0 Å². The molecule has 0 atom stereocenters. The Labute approximate surface area is 120 Å². The first-order valence-corrected chi connectivity index (χ1v) is 8.08. The van der Waals surface area contributed by atoms with E-state index in [-0.39, 0.29) is 0 Å². The van der Waals surface area contributed by atoms with Gasteiger partial charge >= 0.3 is 0 Å². The molecule has 0 heterocycles. The Balaban J connectivity index is 1.94. The SMILES string of the molecule is CCCCCCCCCNCc1ccccc1Br. The molecule has 0 bridgehead atoms. The molecule has 0 saturated heterocycles. The van der Waals surface area contributed by atoms with Crippen molar-refractivity contribution in [3.05, 3.63) is 34.3 Å². The molecule has 1 rings (SSSR count). The Morgan fingerprint density at radius 1 is 0.944 bits per heavy atom. The van der Waals surface area contributed by atoms with Crippen LogP contribution in [0.25, 0.3) is 0 Å². The molecule has 0 aromatic heterocycles. The number of unbranched alkanes of at least 4 members (excludes halogenated alkanes) is 6. The van der Waals surface area contributed by atoms with Crippen LogP contribution < -0.4 is 5.32 Å². The lowest BCUT2D eigenvalue weighted by Gasteiger charge is -2.06. The van der Waals surface area contributed by atoms with Gasteiger partial charge in [0.15, 0.2) is 0 Å². The van der Waals surface area contributed by atoms with Crippen LogP contribution in [0.2, 0.25) is 0 Å². The van der Waals surface area contributed by atoms with Crippen LogP contribution >= 0.6 is 15.9 Å². The zero-order valence-corrected chi connectivity index (χ0v) is 13.1. The first-order chi connectivity index (χ1) is 8.84. The lowest BCUT2D eigenvalue weighted by Crippen LogP contribution is -2.14. The summed E-state index contributed by atoms with van der Waals surface area (Å²) in [6.45, 7) is 4.37. The fourth-order valence-electron chi connectivity index (χ4n) is 2.07. The number of benzene rings is 1. The van der Waals surface area contributed by atoms with E-state index in [1.807, 2.05) is 0 Å². The zero-order valence-electron chi connectivity index (χ0n) is 11.6. The number of hydrogen-bond donors (Lipinski definition) is 1. The second kappa shape index (κ2) is 10.6. The molecule has 1 nitrogen and oxygen atoms in total. The summed E-state index contributed by atoms with van der Waals surface area (Å²) in [6, 6.07) is 8.42. The smallest absolute Gasteiger partial charge is 0.0220 e. The van der Waals surface area contributed by atoms with E-state index in [1.54, 1.807) is 0 Å². The van der Waals surface area contributed by atoms with Crippen molar-refractivity contribution < 1.29 is 0 Å². The maximum atomic E-state index is 3.57. The van der Waals surface area contributed by atoms with E-state index in [4.69, 9.17) is 0 Å². The van der Waals surface area contributed by atoms with Gasteiger partial charge in [0.1, 0.15) is 0 Å². The molecule has 0 aliphatic carbocycles. The van der Waals surface area contributed by atoms with E-state index in [0.29, 0.717) is 0 Å². The minimum absolute atomic E-state index is 0.970. The largest absolute Gasteiger partial charge is 0.313 e. The van der Waals surface area contributed by atoms with Gasteiger partial charge in [0, 0.05) is 11.0 Å². The summed E-state index contributed by atoms with van der Waals surface area (Å²) >= 11 is 3.57. The van der Waals surface area contributed by atoms with Crippen molar-refractivity contribution in [3.8, 4) is 0 Å². The molecule has 0 aliphatic heterocycles. The van der Waals surface area contributed by atoms with Crippen molar-refractivity contribution >= 4 is 15.9 Å². The van der Waals surface area contributed by atoms with Gasteiger partial charge in [-0.1, -0.05) is 79.6 Å². The van der Waals surface area contributed by atoms with Crippen LogP contribution in [-0.2, 0) is 6.54 Å². The second-order valence-electron chi connectivity index (χ2n) is 4.89. The van der Waals surface area contributed by atoms with Gasteiger partial charge in [0.2, 0.25) is 0 Å². The van der Waals surface area contributed by atoms with Gasteiger partial charge < -0.3 is 5.32 Å². The molecular formula is C16H26BrN. The summed E-state index contributed by atoms with van der Waals surface area (Å²) in [5, 5.41) is 3.51. The van der Waals surface area contributed by atoms with Crippen LogP contribution in [0, 0.1) is 0 Å². The first-order valence-electron chi connectivity index (χ1n) is 7.28. The normalized spacial score (nSPS) is 10.8. The Morgan fingerprint density at radius 3 is 2.33 bits per heavy atom. The maximum Gasteiger partial charge on any atom is 0.0220 e. The fraction of sp³-hybridized carbons (Fsp3) is 0.625. The average molecular weight is 312 g/mol. The topological polar surface area (TPSA) is 12.0 Å². The van der Waals surface area contributed by atoms with Crippen LogP contribution in [-0.4, -0.2) is 6.54 Å². The summed E-state index contributed by atoms with van der Waals surface area (Å²) in [6.07, 6.45) is 9.65. The van der Waals surface area contributed by atoms with Crippen molar-refractivity contribution in [2.75, 3.05) is 6.54 Å². The van der Waals surface area contributed by atoms with Gasteiger partial charge in [0.05, 0.1) is 0 Å².